The molecule has 0 aromatic heterocycles. The number of ether oxygens (including phenoxy) is 3. The van der Waals surface area contributed by atoms with Crippen molar-refractivity contribution >= 4 is 35.9 Å². The van der Waals surface area contributed by atoms with Gasteiger partial charge in [-0.15, -0.1) is 0 Å². The van der Waals surface area contributed by atoms with E-state index in [0.29, 0.717) is 13.1 Å². The Labute approximate surface area is 355 Å². The van der Waals surface area contributed by atoms with E-state index in [4.69, 9.17) is 14.2 Å². The molecule has 0 radical (unpaired) electrons. The van der Waals surface area contributed by atoms with Crippen molar-refractivity contribution in [2.24, 2.45) is 46.3 Å². The standard InChI is InChI=1S/C22H34F2N2O5.C21H32F2N2O5/c1-20(2,3)31-19(29)25-15(12-7-9-22(23,24)10-8-12)17(27)26-11-13-14(21(13,4)5)16(26)18(28)30-6;1-19(2,3)30-18(29)24-14(11-6-8-21(22,23)9-7-11)16(26)25-10-12-13(20(12,4)5)15(25)17(27)28/h12-16H,7-11H2,1-6H3,(H,25,29);11-15H,6-10H2,1-5H3,(H,24,29)(H,27,28)/t13-,14-,15?,16?;12-,13-,14?,15?/m00/s1. The predicted octanol–water partition coefficient (Wildman–Crippen LogP) is 6.63. The van der Waals surface area contributed by atoms with Crippen molar-refractivity contribution in [3.8, 4) is 0 Å². The summed E-state index contributed by atoms with van der Waals surface area (Å²) >= 11 is 0. The topological polar surface area (TPSA) is 181 Å². The van der Waals surface area contributed by atoms with Crippen molar-refractivity contribution < 1.29 is 65.6 Å². The maximum absolute atomic E-state index is 13.7. The zero-order valence-corrected chi connectivity index (χ0v) is 37.4. The summed E-state index contributed by atoms with van der Waals surface area (Å²) in [6.45, 7) is 18.9. The number of rotatable bonds is 8. The number of piperidine rings is 2. The van der Waals surface area contributed by atoms with E-state index in [0.717, 1.165) is 0 Å². The molecule has 61 heavy (non-hydrogen) atoms. The molecule has 6 rings (SSSR count). The minimum absolute atomic E-state index is 0.0123. The van der Waals surface area contributed by atoms with Crippen LogP contribution >= 0.6 is 0 Å². The Hall–Kier alpha value is -3.86. The Morgan fingerprint density at radius 3 is 1.26 bits per heavy atom. The largest absolute Gasteiger partial charge is 0.480 e. The molecule has 6 aliphatic rings. The van der Waals surface area contributed by atoms with Crippen LogP contribution in [-0.2, 0) is 33.4 Å². The molecule has 2 saturated heterocycles. The summed E-state index contributed by atoms with van der Waals surface area (Å²) in [7, 11) is 1.29. The van der Waals surface area contributed by atoms with Gasteiger partial charge in [0.05, 0.1) is 7.11 Å². The summed E-state index contributed by atoms with van der Waals surface area (Å²) in [6.07, 6.45) is -2.63. The molecule has 4 amide bonds. The van der Waals surface area contributed by atoms with Crippen LogP contribution in [0.4, 0.5) is 27.2 Å². The highest BCUT2D eigenvalue weighted by molar-refractivity contribution is 5.92. The summed E-state index contributed by atoms with van der Waals surface area (Å²) in [5, 5.41) is 14.9. The number of halogens is 4. The zero-order chi connectivity index (χ0) is 46.0. The number of likely N-dealkylation sites (tertiary alicyclic amines) is 2. The molecule has 346 valence electrons. The third kappa shape index (κ3) is 10.7. The number of carbonyl (C=O) groups excluding carboxylic acids is 5. The molecular formula is C43H66F4N4O10. The minimum atomic E-state index is -2.78. The molecule has 0 spiro atoms. The summed E-state index contributed by atoms with van der Waals surface area (Å²) in [6, 6.07) is -3.81. The second-order valence-electron chi connectivity index (χ2n) is 21.3. The molecule has 2 aliphatic heterocycles. The van der Waals surface area contributed by atoms with E-state index in [9.17, 15) is 51.4 Å². The van der Waals surface area contributed by atoms with E-state index in [2.05, 4.69) is 24.5 Å². The van der Waals surface area contributed by atoms with Crippen molar-refractivity contribution in [1.82, 2.24) is 20.4 Å². The lowest BCUT2D eigenvalue weighted by molar-refractivity contribution is -0.154. The monoisotopic (exact) mass is 874 g/mol. The number of amides is 4. The van der Waals surface area contributed by atoms with E-state index >= 15 is 0 Å². The van der Waals surface area contributed by atoms with Crippen molar-refractivity contribution in [2.45, 2.75) is 168 Å². The fourth-order valence-electron chi connectivity index (χ4n) is 10.5. The number of carboxylic acid groups (broad SMARTS) is 1. The Kier molecular flexibility index (Phi) is 13.2. The van der Waals surface area contributed by atoms with Gasteiger partial charge in [0, 0.05) is 50.6 Å². The lowest BCUT2D eigenvalue weighted by atomic mass is 9.81. The molecule has 6 fully saturated rings. The Balaban J connectivity index is 0.000000231. The van der Waals surface area contributed by atoms with Crippen molar-refractivity contribution in [2.75, 3.05) is 20.2 Å². The lowest BCUT2D eigenvalue weighted by Crippen LogP contribution is -2.57. The molecule has 4 aliphatic carbocycles. The van der Waals surface area contributed by atoms with Crippen LogP contribution < -0.4 is 10.6 Å². The highest BCUT2D eigenvalue weighted by Gasteiger charge is 2.71. The van der Waals surface area contributed by atoms with Crippen LogP contribution in [0, 0.1) is 46.3 Å². The molecule has 2 heterocycles. The summed E-state index contributed by atoms with van der Waals surface area (Å²) in [4.78, 5) is 79.1. The SMILES string of the molecule is CC(C)(C)OC(=O)NC(C(=O)N1C[C@H]2[C@@H](C1C(=O)O)C2(C)C)C1CCC(F)(F)CC1.COC(=O)C1[C@@H]2[C@H](CN1C(=O)C(NC(=O)OC(C)(C)C)C1CCC(F)(F)CC1)C2(C)C. The van der Waals surface area contributed by atoms with Gasteiger partial charge in [0.1, 0.15) is 35.4 Å². The predicted molar refractivity (Wildman–Crippen MR) is 212 cm³/mol. The molecule has 0 aromatic rings. The number of fused-ring (bicyclic) bond motifs is 2. The number of hydrogen-bond donors (Lipinski definition) is 3. The number of alkyl halides is 4. The zero-order valence-electron chi connectivity index (χ0n) is 37.4. The second kappa shape index (κ2) is 16.7. The Morgan fingerprint density at radius 1 is 0.623 bits per heavy atom. The first-order valence-electron chi connectivity index (χ1n) is 21.5. The maximum Gasteiger partial charge on any atom is 0.408 e. The van der Waals surface area contributed by atoms with Gasteiger partial charge in [-0.1, -0.05) is 27.7 Å². The van der Waals surface area contributed by atoms with E-state index in [1.54, 1.807) is 41.5 Å². The summed E-state index contributed by atoms with van der Waals surface area (Å²) in [5.74, 6) is -8.91. The first-order valence-corrected chi connectivity index (χ1v) is 21.5. The second-order valence-corrected chi connectivity index (χ2v) is 21.3. The summed E-state index contributed by atoms with van der Waals surface area (Å²) < 4.78 is 70.3. The van der Waals surface area contributed by atoms with Gasteiger partial charge in [0.15, 0.2) is 0 Å². The fraction of sp³-hybridized carbons (Fsp3) is 0.860. The van der Waals surface area contributed by atoms with Gasteiger partial charge in [-0.2, -0.15) is 0 Å². The smallest absolute Gasteiger partial charge is 0.408 e. The highest BCUT2D eigenvalue weighted by atomic mass is 19.3. The molecule has 0 aromatic carbocycles. The van der Waals surface area contributed by atoms with Gasteiger partial charge in [-0.3, -0.25) is 9.59 Å². The number of esters is 1. The molecule has 8 atom stereocenters. The van der Waals surface area contributed by atoms with Crippen molar-refractivity contribution in [3.05, 3.63) is 0 Å². The Bertz CT molecular complexity index is 1710. The van der Waals surface area contributed by atoms with Crippen molar-refractivity contribution in [3.63, 3.8) is 0 Å². The van der Waals surface area contributed by atoms with Gasteiger partial charge in [-0.25, -0.2) is 36.7 Å². The van der Waals surface area contributed by atoms with Gasteiger partial charge in [0.2, 0.25) is 23.7 Å². The van der Waals surface area contributed by atoms with Gasteiger partial charge in [0.25, 0.3) is 0 Å². The van der Waals surface area contributed by atoms with Crippen LogP contribution in [0.3, 0.4) is 0 Å². The normalized spacial score (nSPS) is 30.5. The van der Waals surface area contributed by atoms with E-state index < -0.39 is 95.0 Å². The highest BCUT2D eigenvalue weighted by Crippen LogP contribution is 2.66. The number of carbonyl (C=O) groups is 6. The number of nitrogens with one attached hydrogen (secondary N) is 2. The van der Waals surface area contributed by atoms with E-state index in [-0.39, 0.29) is 85.9 Å². The van der Waals surface area contributed by atoms with E-state index in [1.807, 2.05) is 13.8 Å². The number of carboxylic acids is 1. The van der Waals surface area contributed by atoms with Crippen LogP contribution in [0.1, 0.15) is 121 Å². The first-order chi connectivity index (χ1) is 27.8. The third-order valence-corrected chi connectivity index (χ3v) is 14.0. The molecular weight excluding hydrogens is 808 g/mol. The molecule has 4 unspecified atom stereocenters. The first kappa shape index (κ1) is 48.2. The fourth-order valence-corrected chi connectivity index (χ4v) is 10.5. The van der Waals surface area contributed by atoms with Crippen molar-refractivity contribution in [1.29, 1.82) is 0 Å². The maximum atomic E-state index is 13.7. The number of nitrogens with zero attached hydrogens (tertiary/aromatic N) is 2. The van der Waals surface area contributed by atoms with Gasteiger partial charge in [-0.05, 0) is 102 Å². The molecule has 18 heteroatoms. The molecule has 14 nitrogen and oxygen atoms in total. The number of alkyl carbamates (subject to hydrolysis) is 2. The summed E-state index contributed by atoms with van der Waals surface area (Å²) in [5.41, 5.74) is -1.79. The average molecular weight is 875 g/mol. The number of methoxy groups -OCH3 is 1. The molecule has 0 bridgehead atoms. The van der Waals surface area contributed by atoms with Crippen LogP contribution in [-0.4, -0.2) is 118 Å². The van der Waals surface area contributed by atoms with Crippen LogP contribution in [0.5, 0.6) is 0 Å². The van der Waals surface area contributed by atoms with Crippen LogP contribution in [0.15, 0.2) is 0 Å². The quantitative estimate of drug-likeness (QED) is 0.136. The average Bonchev–Trinajstić information content (AvgIpc) is 3.59. The number of aliphatic carboxylic acids is 1. The lowest BCUT2D eigenvalue weighted by Gasteiger charge is -2.37. The third-order valence-electron chi connectivity index (χ3n) is 14.0. The molecule has 4 saturated carbocycles. The Morgan fingerprint density at radius 2 is 0.951 bits per heavy atom. The van der Waals surface area contributed by atoms with Crippen LogP contribution in [0.25, 0.3) is 0 Å². The molecule has 3 N–H and O–H groups in total. The van der Waals surface area contributed by atoms with Gasteiger partial charge < -0.3 is 39.8 Å². The van der Waals surface area contributed by atoms with Gasteiger partial charge >= 0.3 is 24.1 Å². The minimum Gasteiger partial charge on any atom is -0.480 e. The van der Waals surface area contributed by atoms with Crippen LogP contribution in [0.2, 0.25) is 0 Å². The van der Waals surface area contributed by atoms with E-state index in [1.165, 1.54) is 16.9 Å². The number of hydrogen-bond acceptors (Lipinski definition) is 9.